The third kappa shape index (κ3) is 1.46. The summed E-state index contributed by atoms with van der Waals surface area (Å²) in [6.07, 6.45) is 3.62. The van der Waals surface area contributed by atoms with Crippen LogP contribution in [-0.4, -0.2) is 16.3 Å². The zero-order valence-corrected chi connectivity index (χ0v) is 6.68. The van der Waals surface area contributed by atoms with E-state index < -0.39 is 0 Å². The molecule has 2 heterocycles. The van der Waals surface area contributed by atoms with Crippen LogP contribution in [0.15, 0.2) is 35.0 Å². The second-order valence-electron chi connectivity index (χ2n) is 2.40. The lowest BCUT2D eigenvalue weighted by Crippen LogP contribution is -1.79. The summed E-state index contributed by atoms with van der Waals surface area (Å²) in [5.74, 6) is 0.573. The number of pyridine rings is 1. The summed E-state index contributed by atoms with van der Waals surface area (Å²) in [5, 5.41) is 0. The van der Waals surface area contributed by atoms with Crippen LogP contribution in [0.3, 0.4) is 0 Å². The highest BCUT2D eigenvalue weighted by atomic mass is 16.4. The summed E-state index contributed by atoms with van der Waals surface area (Å²) in [4.78, 5) is 18.2. The van der Waals surface area contributed by atoms with Gasteiger partial charge in [0.25, 0.3) is 0 Å². The molecule has 0 aromatic carbocycles. The minimum atomic E-state index is 0.209. The predicted octanol–water partition coefficient (Wildman–Crippen LogP) is 1.55. The molecule has 0 saturated carbocycles. The van der Waals surface area contributed by atoms with Gasteiger partial charge in [0.1, 0.15) is 5.69 Å². The smallest absolute Gasteiger partial charge is 0.245 e. The maximum Gasteiger partial charge on any atom is 0.245 e. The molecule has 64 valence electrons. The predicted molar refractivity (Wildman–Crippen MR) is 45.1 cm³/mol. The average Bonchev–Trinajstić information content (AvgIpc) is 2.67. The van der Waals surface area contributed by atoms with Crippen molar-refractivity contribution in [3.05, 3.63) is 36.4 Å². The molecule has 0 spiro atoms. The van der Waals surface area contributed by atoms with Crippen molar-refractivity contribution in [3.63, 3.8) is 0 Å². The molecule has 0 fully saturated rings. The molecule has 13 heavy (non-hydrogen) atoms. The summed E-state index contributed by atoms with van der Waals surface area (Å²) in [6.45, 7) is 0. The largest absolute Gasteiger partial charge is 0.432 e. The van der Waals surface area contributed by atoms with Crippen LogP contribution >= 0.6 is 0 Å². The second kappa shape index (κ2) is 3.18. The van der Waals surface area contributed by atoms with Crippen LogP contribution in [0.4, 0.5) is 0 Å². The molecule has 0 aliphatic rings. The van der Waals surface area contributed by atoms with Gasteiger partial charge in [-0.3, -0.25) is 9.78 Å². The number of carbonyl (C=O) groups excluding carboxylic acids is 1. The van der Waals surface area contributed by atoms with Gasteiger partial charge in [-0.2, -0.15) is 0 Å². The van der Waals surface area contributed by atoms with Gasteiger partial charge in [0.2, 0.25) is 5.89 Å². The average molecular weight is 174 g/mol. The Morgan fingerprint density at radius 3 is 2.85 bits per heavy atom. The van der Waals surface area contributed by atoms with Gasteiger partial charge in [-0.25, -0.2) is 4.98 Å². The van der Waals surface area contributed by atoms with Gasteiger partial charge in [0, 0.05) is 6.20 Å². The summed E-state index contributed by atoms with van der Waals surface area (Å²) in [6, 6.07) is 5.39. The van der Waals surface area contributed by atoms with E-state index in [1.807, 2.05) is 6.07 Å². The molecule has 0 amide bonds. The summed E-state index contributed by atoms with van der Waals surface area (Å²) < 4.78 is 5.08. The number of hydrogen-bond acceptors (Lipinski definition) is 4. The van der Waals surface area contributed by atoms with Crippen molar-refractivity contribution >= 4 is 6.29 Å². The van der Waals surface area contributed by atoms with E-state index in [1.54, 1.807) is 18.3 Å². The van der Waals surface area contributed by atoms with Crippen LogP contribution in [0.5, 0.6) is 0 Å². The minimum absolute atomic E-state index is 0.209. The highest BCUT2D eigenvalue weighted by Crippen LogP contribution is 2.14. The van der Waals surface area contributed by atoms with Gasteiger partial charge >= 0.3 is 0 Å². The first-order valence-electron chi connectivity index (χ1n) is 3.72. The van der Waals surface area contributed by atoms with Gasteiger partial charge in [-0.15, -0.1) is 0 Å². The maximum atomic E-state index is 10.3. The molecule has 0 atom stereocenters. The van der Waals surface area contributed by atoms with E-state index in [4.69, 9.17) is 4.42 Å². The van der Waals surface area contributed by atoms with Crippen molar-refractivity contribution in [1.29, 1.82) is 0 Å². The monoisotopic (exact) mass is 174 g/mol. The van der Waals surface area contributed by atoms with Crippen molar-refractivity contribution in [3.8, 4) is 11.6 Å². The molecule has 0 aliphatic heterocycles. The highest BCUT2D eigenvalue weighted by molar-refractivity contribution is 5.70. The standard InChI is InChI=1S/C9H6N2O2/c12-6-7-5-11-9(13-7)8-3-1-2-4-10-8/h1-6H. The van der Waals surface area contributed by atoms with Crippen molar-refractivity contribution in [1.82, 2.24) is 9.97 Å². The fraction of sp³-hybridized carbons (Fsp3) is 0. The zero-order valence-electron chi connectivity index (χ0n) is 6.68. The Morgan fingerprint density at radius 2 is 2.23 bits per heavy atom. The number of carbonyl (C=O) groups is 1. The number of nitrogens with zero attached hydrogens (tertiary/aromatic N) is 2. The molecular formula is C9H6N2O2. The quantitative estimate of drug-likeness (QED) is 0.648. The number of rotatable bonds is 2. The molecule has 2 aromatic rings. The Bertz CT molecular complexity index is 409. The van der Waals surface area contributed by atoms with Gasteiger partial charge in [-0.05, 0) is 12.1 Å². The normalized spacial score (nSPS) is 9.85. The van der Waals surface area contributed by atoms with Crippen LogP contribution < -0.4 is 0 Å². The van der Waals surface area contributed by atoms with Crippen LogP contribution in [-0.2, 0) is 0 Å². The molecule has 4 nitrogen and oxygen atoms in total. The van der Waals surface area contributed by atoms with Crippen LogP contribution in [0.1, 0.15) is 10.6 Å². The van der Waals surface area contributed by atoms with Crippen molar-refractivity contribution in [2.75, 3.05) is 0 Å². The van der Waals surface area contributed by atoms with E-state index in [0.717, 1.165) is 0 Å². The Balaban J connectivity index is 2.41. The summed E-state index contributed by atoms with van der Waals surface area (Å²) in [7, 11) is 0. The molecule has 0 N–H and O–H groups in total. The van der Waals surface area contributed by atoms with E-state index in [1.165, 1.54) is 6.20 Å². The van der Waals surface area contributed by atoms with Crippen LogP contribution in [0, 0.1) is 0 Å². The van der Waals surface area contributed by atoms with Crippen LogP contribution in [0.25, 0.3) is 11.6 Å². The Kier molecular flexibility index (Phi) is 1.88. The highest BCUT2D eigenvalue weighted by Gasteiger charge is 2.05. The lowest BCUT2D eigenvalue weighted by Gasteiger charge is -1.90. The first-order chi connectivity index (χ1) is 6.40. The Labute approximate surface area is 74.2 Å². The molecule has 0 unspecified atom stereocenters. The van der Waals surface area contributed by atoms with E-state index in [2.05, 4.69) is 9.97 Å². The molecule has 2 rings (SSSR count). The number of aldehydes is 1. The van der Waals surface area contributed by atoms with E-state index >= 15 is 0 Å². The van der Waals surface area contributed by atoms with E-state index in [0.29, 0.717) is 17.9 Å². The molecule has 0 saturated heterocycles. The van der Waals surface area contributed by atoms with Crippen molar-refractivity contribution in [2.45, 2.75) is 0 Å². The van der Waals surface area contributed by atoms with E-state index in [-0.39, 0.29) is 5.76 Å². The number of aromatic nitrogens is 2. The molecular weight excluding hydrogens is 168 g/mol. The lowest BCUT2D eigenvalue weighted by atomic mass is 10.3. The Hall–Kier alpha value is -1.97. The summed E-state index contributed by atoms with van der Waals surface area (Å²) >= 11 is 0. The van der Waals surface area contributed by atoms with Crippen molar-refractivity contribution in [2.24, 2.45) is 0 Å². The molecule has 0 aliphatic carbocycles. The van der Waals surface area contributed by atoms with Crippen LogP contribution in [0.2, 0.25) is 0 Å². The van der Waals surface area contributed by atoms with E-state index in [9.17, 15) is 4.79 Å². The first-order valence-corrected chi connectivity index (χ1v) is 3.72. The minimum Gasteiger partial charge on any atom is -0.432 e. The van der Waals surface area contributed by atoms with Gasteiger partial charge in [-0.1, -0.05) is 6.07 Å². The molecule has 4 heteroatoms. The second-order valence-corrected chi connectivity index (χ2v) is 2.40. The first kappa shape index (κ1) is 7.67. The zero-order chi connectivity index (χ0) is 9.10. The maximum absolute atomic E-state index is 10.3. The summed E-state index contributed by atoms with van der Waals surface area (Å²) in [5.41, 5.74) is 0.621. The molecule has 0 radical (unpaired) electrons. The molecule has 2 aromatic heterocycles. The lowest BCUT2D eigenvalue weighted by molar-refractivity contribution is 0.110. The Morgan fingerprint density at radius 1 is 1.31 bits per heavy atom. The SMILES string of the molecule is O=Cc1cnc(-c2ccccn2)o1. The third-order valence-electron chi connectivity index (χ3n) is 1.52. The van der Waals surface area contributed by atoms with Gasteiger partial charge in [0.05, 0.1) is 6.20 Å². The van der Waals surface area contributed by atoms with Gasteiger partial charge < -0.3 is 4.42 Å². The fourth-order valence-corrected chi connectivity index (χ4v) is 0.949. The number of oxazole rings is 1. The molecule has 0 bridgehead atoms. The topological polar surface area (TPSA) is 56.0 Å². The van der Waals surface area contributed by atoms with Crippen molar-refractivity contribution < 1.29 is 9.21 Å². The van der Waals surface area contributed by atoms with Gasteiger partial charge in [0.15, 0.2) is 12.0 Å². The number of hydrogen-bond donors (Lipinski definition) is 0. The fourth-order valence-electron chi connectivity index (χ4n) is 0.949. The third-order valence-corrected chi connectivity index (χ3v) is 1.52.